The fourth-order valence-corrected chi connectivity index (χ4v) is 2.34. The minimum atomic E-state index is -0.459. The van der Waals surface area contributed by atoms with E-state index in [9.17, 15) is 8.78 Å². The molecule has 0 aliphatic rings. The van der Waals surface area contributed by atoms with Crippen molar-refractivity contribution in [1.29, 1.82) is 5.26 Å². The van der Waals surface area contributed by atoms with Crippen molar-refractivity contribution in [2.45, 2.75) is 13.5 Å². The Morgan fingerprint density at radius 3 is 2.61 bits per heavy atom. The van der Waals surface area contributed by atoms with Gasteiger partial charge in [-0.3, -0.25) is 0 Å². The van der Waals surface area contributed by atoms with Crippen LogP contribution in [0.15, 0.2) is 47.5 Å². The monoisotopic (exact) mass is 500 g/mol. The Hall–Kier alpha value is -2.41. The molecule has 28 heavy (non-hydrogen) atoms. The first kappa shape index (κ1) is 23.6. The quantitative estimate of drug-likeness (QED) is 0.356. The molecule has 150 valence electrons. The molecule has 0 unspecified atom stereocenters. The first-order valence-electron chi connectivity index (χ1n) is 8.60. The molecule has 8 heteroatoms. The smallest absolute Gasteiger partial charge is 0.194 e. The summed E-state index contributed by atoms with van der Waals surface area (Å²) in [5.74, 6) is -0.0814. The Bertz CT molecular complexity index is 839. The molecule has 1 N–H and O–H groups in total. The van der Waals surface area contributed by atoms with E-state index >= 15 is 0 Å². The number of hydrogen-bond donors (Lipinski definition) is 1. The number of nitrogens with zero attached hydrogens (tertiary/aromatic N) is 3. The molecule has 5 nitrogen and oxygen atoms in total. The Morgan fingerprint density at radius 2 is 1.96 bits per heavy atom. The Kier molecular flexibility index (Phi) is 10.2. The number of benzene rings is 2. The standard InChI is InChI=1S/C20H22F2N4O.HI/c1-3-24-20(25-14-16-9-8-15(13-23)12-18(16)22)26(2)10-11-27-19-7-5-4-6-17(19)21;/h4-9,12H,3,10-11,14H2,1-2H3,(H,24,25);1H. The van der Waals surface area contributed by atoms with Gasteiger partial charge in [0.05, 0.1) is 24.7 Å². The second-order valence-electron chi connectivity index (χ2n) is 5.79. The van der Waals surface area contributed by atoms with Crippen molar-refractivity contribution >= 4 is 29.9 Å². The lowest BCUT2D eigenvalue weighted by atomic mass is 10.1. The summed E-state index contributed by atoms with van der Waals surface area (Å²) in [6, 6.07) is 12.4. The highest BCUT2D eigenvalue weighted by atomic mass is 127. The van der Waals surface area contributed by atoms with Crippen LogP contribution in [0.1, 0.15) is 18.1 Å². The number of likely N-dealkylation sites (N-methyl/N-ethyl adjacent to an activating group) is 1. The lowest BCUT2D eigenvalue weighted by Crippen LogP contribution is -2.40. The first-order chi connectivity index (χ1) is 13.0. The zero-order valence-corrected chi connectivity index (χ0v) is 18.1. The van der Waals surface area contributed by atoms with Crippen LogP contribution in [0.25, 0.3) is 0 Å². The van der Waals surface area contributed by atoms with E-state index < -0.39 is 11.6 Å². The van der Waals surface area contributed by atoms with Crippen molar-refractivity contribution in [2.75, 3.05) is 26.7 Å². The summed E-state index contributed by atoms with van der Waals surface area (Å²) in [5.41, 5.74) is 0.676. The zero-order chi connectivity index (χ0) is 19.6. The normalized spacial score (nSPS) is 10.6. The molecule has 0 heterocycles. The predicted molar refractivity (Wildman–Crippen MR) is 116 cm³/mol. The third-order valence-electron chi connectivity index (χ3n) is 3.80. The molecule has 0 radical (unpaired) electrons. The molecule has 0 aliphatic carbocycles. The molecule has 0 spiro atoms. The van der Waals surface area contributed by atoms with Gasteiger partial charge in [0.2, 0.25) is 0 Å². The van der Waals surface area contributed by atoms with Gasteiger partial charge in [-0.1, -0.05) is 18.2 Å². The molecule has 0 saturated heterocycles. The first-order valence-corrected chi connectivity index (χ1v) is 8.60. The van der Waals surface area contributed by atoms with Crippen LogP contribution < -0.4 is 10.1 Å². The van der Waals surface area contributed by atoms with Gasteiger partial charge < -0.3 is 15.0 Å². The van der Waals surface area contributed by atoms with Crippen LogP contribution in [0, 0.1) is 23.0 Å². The van der Waals surface area contributed by atoms with Gasteiger partial charge >= 0.3 is 0 Å². The second kappa shape index (κ2) is 12.1. The molecule has 0 saturated carbocycles. The Labute approximate surface area is 181 Å². The molecule has 2 aromatic carbocycles. The van der Waals surface area contributed by atoms with Gasteiger partial charge in [-0.15, -0.1) is 24.0 Å². The largest absolute Gasteiger partial charge is 0.489 e. The maximum atomic E-state index is 14.0. The summed E-state index contributed by atoms with van der Waals surface area (Å²) in [4.78, 5) is 6.25. The van der Waals surface area contributed by atoms with Gasteiger partial charge in [-0.2, -0.15) is 5.26 Å². The van der Waals surface area contributed by atoms with Crippen molar-refractivity contribution in [3.8, 4) is 11.8 Å². The van der Waals surface area contributed by atoms with E-state index in [0.29, 0.717) is 24.6 Å². The second-order valence-corrected chi connectivity index (χ2v) is 5.79. The minimum Gasteiger partial charge on any atom is -0.489 e. The molecule has 0 atom stereocenters. The van der Waals surface area contributed by atoms with Gasteiger partial charge in [0, 0.05) is 19.2 Å². The van der Waals surface area contributed by atoms with Crippen molar-refractivity contribution in [1.82, 2.24) is 10.2 Å². The molecular weight excluding hydrogens is 477 g/mol. The van der Waals surface area contributed by atoms with Crippen molar-refractivity contribution in [3.05, 3.63) is 65.2 Å². The van der Waals surface area contributed by atoms with E-state index in [1.165, 1.54) is 12.1 Å². The Balaban J connectivity index is 0.00000392. The number of rotatable bonds is 7. The lowest BCUT2D eigenvalue weighted by Gasteiger charge is -2.22. The highest BCUT2D eigenvalue weighted by Crippen LogP contribution is 2.15. The number of nitriles is 1. The molecular formula is C20H23F2IN4O. The maximum absolute atomic E-state index is 14.0. The van der Waals surface area contributed by atoms with E-state index in [0.717, 1.165) is 0 Å². The SMILES string of the molecule is CCNC(=NCc1ccc(C#N)cc1F)N(C)CCOc1ccccc1F.I. The number of aliphatic imine (C=N–C) groups is 1. The van der Waals surface area contributed by atoms with Crippen LogP contribution in [-0.4, -0.2) is 37.6 Å². The highest BCUT2D eigenvalue weighted by molar-refractivity contribution is 14.0. The van der Waals surface area contributed by atoms with Crippen molar-refractivity contribution < 1.29 is 13.5 Å². The van der Waals surface area contributed by atoms with Gasteiger partial charge in [0.25, 0.3) is 0 Å². The molecule has 0 aliphatic heterocycles. The third kappa shape index (κ3) is 6.96. The average Bonchev–Trinajstić information content (AvgIpc) is 2.67. The fraction of sp³-hybridized carbons (Fsp3) is 0.300. The summed E-state index contributed by atoms with van der Waals surface area (Å²) in [6.45, 7) is 3.45. The number of halogens is 3. The number of guanidine groups is 1. The minimum absolute atomic E-state index is 0. The van der Waals surface area contributed by atoms with Crippen molar-refractivity contribution in [2.24, 2.45) is 4.99 Å². The van der Waals surface area contributed by atoms with E-state index in [1.807, 2.05) is 24.9 Å². The molecule has 0 aromatic heterocycles. The summed E-state index contributed by atoms with van der Waals surface area (Å²) >= 11 is 0. The van der Waals surface area contributed by atoms with E-state index in [4.69, 9.17) is 10.00 Å². The van der Waals surface area contributed by atoms with E-state index in [-0.39, 0.29) is 48.4 Å². The van der Waals surface area contributed by atoms with Crippen LogP contribution in [-0.2, 0) is 6.54 Å². The van der Waals surface area contributed by atoms with E-state index in [2.05, 4.69) is 10.3 Å². The predicted octanol–water partition coefficient (Wildman–Crippen LogP) is 3.93. The van der Waals surface area contributed by atoms with Gasteiger partial charge in [0.1, 0.15) is 12.4 Å². The van der Waals surface area contributed by atoms with Gasteiger partial charge in [-0.05, 0) is 31.2 Å². The molecule has 0 amide bonds. The number of para-hydroxylation sites is 1. The molecule has 0 fully saturated rings. The Morgan fingerprint density at radius 1 is 1.21 bits per heavy atom. The number of ether oxygens (including phenoxy) is 1. The number of nitrogens with one attached hydrogen (secondary N) is 1. The topological polar surface area (TPSA) is 60.7 Å². The van der Waals surface area contributed by atoms with Crippen molar-refractivity contribution in [3.63, 3.8) is 0 Å². The number of hydrogen-bond acceptors (Lipinski definition) is 3. The zero-order valence-electron chi connectivity index (χ0n) is 15.8. The molecule has 2 aromatic rings. The van der Waals surface area contributed by atoms with Gasteiger partial charge in [-0.25, -0.2) is 13.8 Å². The summed E-state index contributed by atoms with van der Waals surface area (Å²) < 4.78 is 33.0. The maximum Gasteiger partial charge on any atom is 0.194 e. The lowest BCUT2D eigenvalue weighted by molar-refractivity contribution is 0.270. The van der Waals surface area contributed by atoms with Crippen LogP contribution in [0.5, 0.6) is 5.75 Å². The summed E-state index contributed by atoms with van der Waals surface area (Å²) in [6.07, 6.45) is 0. The van der Waals surface area contributed by atoms with Gasteiger partial charge in [0.15, 0.2) is 17.5 Å². The highest BCUT2D eigenvalue weighted by Gasteiger charge is 2.09. The fourth-order valence-electron chi connectivity index (χ4n) is 2.34. The average molecular weight is 500 g/mol. The van der Waals surface area contributed by atoms with Crippen LogP contribution in [0.3, 0.4) is 0 Å². The van der Waals surface area contributed by atoms with Crippen LogP contribution in [0.4, 0.5) is 8.78 Å². The summed E-state index contributed by atoms with van der Waals surface area (Å²) in [5, 5.41) is 11.9. The molecule has 0 bridgehead atoms. The summed E-state index contributed by atoms with van der Waals surface area (Å²) in [7, 11) is 1.82. The van der Waals surface area contributed by atoms with E-state index in [1.54, 1.807) is 30.3 Å². The molecule has 2 rings (SSSR count). The van der Waals surface area contributed by atoms with Crippen LogP contribution >= 0.6 is 24.0 Å². The van der Waals surface area contributed by atoms with Crippen LogP contribution in [0.2, 0.25) is 0 Å². The third-order valence-corrected chi connectivity index (χ3v) is 3.80.